The average Bonchev–Trinajstić information content (AvgIpc) is 2.90. The quantitative estimate of drug-likeness (QED) is 0.494. The molecule has 0 atom stereocenters. The van der Waals surface area contributed by atoms with Crippen molar-refractivity contribution in [2.24, 2.45) is 0 Å². The summed E-state index contributed by atoms with van der Waals surface area (Å²) in [6.07, 6.45) is 4.81. The summed E-state index contributed by atoms with van der Waals surface area (Å²) in [5.41, 5.74) is 2.68. The van der Waals surface area contributed by atoms with Crippen LogP contribution in [0.1, 0.15) is 0 Å². The molecule has 0 bridgehead atoms. The highest BCUT2D eigenvalue weighted by molar-refractivity contribution is 6.02. The Morgan fingerprint density at radius 2 is 1.63 bits per heavy atom. The zero-order chi connectivity index (χ0) is 12.7. The van der Waals surface area contributed by atoms with Gasteiger partial charge in [0.2, 0.25) is 0 Å². The van der Waals surface area contributed by atoms with Crippen molar-refractivity contribution in [3.8, 4) is 11.3 Å². The molecule has 0 unspecified atom stereocenters. The van der Waals surface area contributed by atoms with E-state index in [9.17, 15) is 0 Å². The normalized spacial score (nSPS) is 11.2. The van der Waals surface area contributed by atoms with Crippen LogP contribution in [-0.2, 0) is 0 Å². The van der Waals surface area contributed by atoms with Gasteiger partial charge in [-0.25, -0.2) is 0 Å². The van der Waals surface area contributed by atoms with E-state index in [0.717, 1.165) is 27.6 Å². The lowest BCUT2D eigenvalue weighted by Crippen LogP contribution is -1.84. The van der Waals surface area contributed by atoms with Gasteiger partial charge in [0, 0.05) is 17.0 Å². The van der Waals surface area contributed by atoms with Crippen LogP contribution in [-0.4, -0.2) is 4.98 Å². The summed E-state index contributed by atoms with van der Waals surface area (Å²) in [6.45, 7) is 0. The fourth-order valence-electron chi connectivity index (χ4n) is 2.42. The van der Waals surface area contributed by atoms with E-state index in [1.807, 2.05) is 48.7 Å². The molecule has 2 aromatic carbocycles. The molecule has 2 aromatic heterocycles. The minimum atomic E-state index is 0.840. The topological polar surface area (TPSA) is 26.0 Å². The largest absolute Gasteiger partial charge is 0.452 e. The summed E-state index contributed by atoms with van der Waals surface area (Å²) in [4.78, 5) is 4.51. The molecule has 1 radical (unpaired) electrons. The molecule has 4 rings (SSSR count). The summed E-state index contributed by atoms with van der Waals surface area (Å²) in [6, 6.07) is 18.2. The highest BCUT2D eigenvalue weighted by Crippen LogP contribution is 2.32. The number of fused-ring (bicyclic) bond motifs is 2. The van der Waals surface area contributed by atoms with E-state index in [0.29, 0.717) is 0 Å². The fraction of sp³-hybridized carbons (Fsp3) is 0. The zero-order valence-corrected chi connectivity index (χ0v) is 10.1. The third-order valence-electron chi connectivity index (χ3n) is 3.33. The lowest BCUT2D eigenvalue weighted by molar-refractivity contribution is 0.607. The van der Waals surface area contributed by atoms with E-state index >= 15 is 0 Å². The van der Waals surface area contributed by atoms with E-state index in [1.54, 1.807) is 0 Å². The third kappa shape index (κ3) is 1.54. The molecule has 0 aliphatic carbocycles. The van der Waals surface area contributed by atoms with Crippen molar-refractivity contribution >= 4 is 21.7 Å². The van der Waals surface area contributed by atoms with Gasteiger partial charge in [-0.1, -0.05) is 42.5 Å². The summed E-state index contributed by atoms with van der Waals surface area (Å²) in [5, 5.41) is 3.34. The van der Waals surface area contributed by atoms with Gasteiger partial charge in [-0.3, -0.25) is 4.98 Å². The van der Waals surface area contributed by atoms with Crippen LogP contribution in [0.2, 0.25) is 0 Å². The van der Waals surface area contributed by atoms with Gasteiger partial charge in [0.05, 0.1) is 11.3 Å². The molecule has 0 spiro atoms. The molecule has 0 aliphatic heterocycles. The van der Waals surface area contributed by atoms with Crippen LogP contribution in [0.3, 0.4) is 0 Å². The average molecular weight is 244 g/mol. The van der Waals surface area contributed by atoms with Gasteiger partial charge in [-0.2, -0.15) is 0 Å². The standard InChI is InChI=1S/C17H10NO/c1-2-6-13-12(5-1)9-10-18-17(13)15-11-19-16-8-4-3-7-14(15)16/h1-10H. The molecule has 2 nitrogen and oxygen atoms in total. The Bertz CT molecular complexity index is 871. The van der Waals surface area contributed by atoms with Crippen LogP contribution in [0.4, 0.5) is 0 Å². The van der Waals surface area contributed by atoms with Crippen LogP contribution in [0, 0.1) is 6.26 Å². The van der Waals surface area contributed by atoms with Crippen molar-refractivity contribution in [3.05, 3.63) is 67.1 Å². The van der Waals surface area contributed by atoms with E-state index in [2.05, 4.69) is 23.4 Å². The maximum Gasteiger partial charge on any atom is 0.180 e. The van der Waals surface area contributed by atoms with Gasteiger partial charge >= 0.3 is 0 Å². The Labute approximate surface area is 110 Å². The second kappa shape index (κ2) is 3.95. The molecule has 0 aliphatic rings. The van der Waals surface area contributed by atoms with Gasteiger partial charge in [-0.15, -0.1) is 0 Å². The monoisotopic (exact) mass is 244 g/mol. The first-order chi connectivity index (χ1) is 9.43. The SMILES string of the molecule is [c]1oc2ccccc2c1-c1nccc2ccccc12. The lowest BCUT2D eigenvalue weighted by Gasteiger charge is -2.03. The van der Waals surface area contributed by atoms with Crippen molar-refractivity contribution in [2.75, 3.05) is 0 Å². The Morgan fingerprint density at radius 3 is 2.58 bits per heavy atom. The fourth-order valence-corrected chi connectivity index (χ4v) is 2.42. The van der Waals surface area contributed by atoms with E-state index in [4.69, 9.17) is 4.42 Å². The number of nitrogens with zero attached hydrogens (tertiary/aromatic N) is 1. The van der Waals surface area contributed by atoms with Crippen molar-refractivity contribution in [2.45, 2.75) is 0 Å². The van der Waals surface area contributed by atoms with Gasteiger partial charge < -0.3 is 4.42 Å². The summed E-state index contributed by atoms with van der Waals surface area (Å²) < 4.78 is 5.49. The van der Waals surface area contributed by atoms with Crippen LogP contribution in [0.5, 0.6) is 0 Å². The van der Waals surface area contributed by atoms with Crippen molar-refractivity contribution in [1.82, 2.24) is 4.98 Å². The Hall–Kier alpha value is -2.61. The molecule has 89 valence electrons. The molecule has 4 aromatic rings. The number of benzene rings is 2. The highest BCUT2D eigenvalue weighted by Gasteiger charge is 2.12. The number of rotatable bonds is 1. The third-order valence-corrected chi connectivity index (χ3v) is 3.33. The maximum absolute atomic E-state index is 5.49. The van der Waals surface area contributed by atoms with Crippen molar-refractivity contribution in [1.29, 1.82) is 0 Å². The molecule has 0 N–H and O–H groups in total. The molecule has 2 heteroatoms. The van der Waals surface area contributed by atoms with Crippen molar-refractivity contribution < 1.29 is 4.42 Å². The van der Waals surface area contributed by atoms with Gasteiger partial charge in [-0.05, 0) is 17.5 Å². The second-order valence-electron chi connectivity index (χ2n) is 4.46. The minimum absolute atomic E-state index is 0.840. The van der Waals surface area contributed by atoms with Crippen molar-refractivity contribution in [3.63, 3.8) is 0 Å². The van der Waals surface area contributed by atoms with Gasteiger partial charge in [0.15, 0.2) is 6.26 Å². The van der Waals surface area contributed by atoms with Gasteiger partial charge in [0.25, 0.3) is 0 Å². The molecular weight excluding hydrogens is 234 g/mol. The highest BCUT2D eigenvalue weighted by atomic mass is 16.3. The minimum Gasteiger partial charge on any atom is -0.452 e. The number of hydrogen-bond acceptors (Lipinski definition) is 2. The number of hydrogen-bond donors (Lipinski definition) is 0. The molecule has 19 heavy (non-hydrogen) atoms. The predicted molar refractivity (Wildman–Crippen MR) is 75.8 cm³/mol. The van der Waals surface area contributed by atoms with Gasteiger partial charge in [0.1, 0.15) is 5.58 Å². The zero-order valence-electron chi connectivity index (χ0n) is 10.1. The van der Waals surface area contributed by atoms with Crippen LogP contribution >= 0.6 is 0 Å². The number of para-hydroxylation sites is 1. The summed E-state index contributed by atoms with van der Waals surface area (Å²) >= 11 is 0. The Morgan fingerprint density at radius 1 is 0.842 bits per heavy atom. The van der Waals surface area contributed by atoms with Crippen LogP contribution < -0.4 is 0 Å². The maximum atomic E-state index is 5.49. The molecule has 2 heterocycles. The van der Waals surface area contributed by atoms with E-state index < -0.39 is 0 Å². The predicted octanol–water partition coefficient (Wildman–Crippen LogP) is 4.45. The van der Waals surface area contributed by atoms with E-state index in [1.165, 1.54) is 5.39 Å². The van der Waals surface area contributed by atoms with Crippen LogP contribution in [0.15, 0.2) is 65.2 Å². The first-order valence-electron chi connectivity index (χ1n) is 6.17. The molecule has 0 fully saturated rings. The molecule has 0 amide bonds. The smallest absolute Gasteiger partial charge is 0.180 e. The molecule has 0 saturated carbocycles. The number of pyridine rings is 1. The first kappa shape index (κ1) is 10.3. The number of furan rings is 1. The lowest BCUT2D eigenvalue weighted by atomic mass is 10.0. The van der Waals surface area contributed by atoms with E-state index in [-0.39, 0.29) is 0 Å². The Balaban J connectivity index is 2.10. The summed E-state index contributed by atoms with van der Waals surface area (Å²) in [7, 11) is 0. The molecule has 0 saturated heterocycles. The Kier molecular flexibility index (Phi) is 2.15. The summed E-state index contributed by atoms with van der Waals surface area (Å²) in [5.74, 6) is 0. The first-order valence-corrected chi connectivity index (χ1v) is 6.17. The van der Waals surface area contributed by atoms with Crippen LogP contribution in [0.25, 0.3) is 33.0 Å². The number of aromatic nitrogens is 1. The molecular formula is C17H10NO. The second-order valence-corrected chi connectivity index (χ2v) is 4.46.